The van der Waals surface area contributed by atoms with E-state index >= 15 is 0 Å². The highest BCUT2D eigenvalue weighted by Crippen LogP contribution is 2.15. The van der Waals surface area contributed by atoms with Crippen molar-refractivity contribution < 1.29 is 4.79 Å². The van der Waals surface area contributed by atoms with Crippen molar-refractivity contribution in [3.63, 3.8) is 0 Å². The van der Waals surface area contributed by atoms with Gasteiger partial charge in [0.05, 0.1) is 18.3 Å². The highest BCUT2D eigenvalue weighted by Gasteiger charge is 2.05. The minimum absolute atomic E-state index is 0.166. The number of thiazole rings is 1. The average molecular weight is 299 g/mol. The van der Waals surface area contributed by atoms with Crippen molar-refractivity contribution in [2.75, 3.05) is 5.73 Å². The number of carbonyl (C=O) groups excluding carboxylic acids is 1. The van der Waals surface area contributed by atoms with Gasteiger partial charge in [-0.1, -0.05) is 18.2 Å². The first-order chi connectivity index (χ1) is 10.2. The van der Waals surface area contributed by atoms with Gasteiger partial charge in [0, 0.05) is 28.0 Å². The van der Waals surface area contributed by atoms with Crippen molar-refractivity contribution in [3.8, 4) is 0 Å². The van der Waals surface area contributed by atoms with Crippen LogP contribution in [0.4, 0.5) is 5.13 Å². The molecule has 3 aromatic rings. The Kier molecular flexibility index (Phi) is 3.65. The standard InChI is InChI=1S/C14H13N5OS/c15-14-18-10(8-21-14)5-13(20)19-17-7-9-6-16-12-4-2-1-3-11(9)12/h1-4,6-8,16H,5H2,(H2,15,18)(H,19,20)/b17-7+. The number of anilines is 1. The Labute approximate surface area is 124 Å². The van der Waals surface area contributed by atoms with Crippen LogP contribution >= 0.6 is 11.3 Å². The second kappa shape index (κ2) is 5.76. The van der Waals surface area contributed by atoms with E-state index in [4.69, 9.17) is 5.73 Å². The lowest BCUT2D eigenvalue weighted by atomic mass is 10.2. The van der Waals surface area contributed by atoms with Crippen molar-refractivity contribution in [1.82, 2.24) is 15.4 Å². The highest BCUT2D eigenvalue weighted by atomic mass is 32.1. The number of H-pyrrole nitrogens is 1. The second-order valence-electron chi connectivity index (χ2n) is 4.44. The van der Waals surface area contributed by atoms with Gasteiger partial charge >= 0.3 is 0 Å². The van der Waals surface area contributed by atoms with Gasteiger partial charge in [-0.25, -0.2) is 10.4 Å². The summed E-state index contributed by atoms with van der Waals surface area (Å²) in [6.45, 7) is 0. The second-order valence-corrected chi connectivity index (χ2v) is 5.33. The molecule has 0 bridgehead atoms. The topological polar surface area (TPSA) is 96.2 Å². The SMILES string of the molecule is Nc1nc(CC(=O)N/N=C/c2c[nH]c3ccccc23)cs1. The van der Waals surface area contributed by atoms with Gasteiger partial charge in [0.2, 0.25) is 5.91 Å². The summed E-state index contributed by atoms with van der Waals surface area (Å²) in [4.78, 5) is 18.9. The molecule has 106 valence electrons. The lowest BCUT2D eigenvalue weighted by Gasteiger charge is -1.96. The predicted molar refractivity (Wildman–Crippen MR) is 84.3 cm³/mol. The highest BCUT2D eigenvalue weighted by molar-refractivity contribution is 7.13. The molecule has 0 aliphatic rings. The van der Waals surface area contributed by atoms with Gasteiger partial charge in [0.15, 0.2) is 5.13 Å². The minimum Gasteiger partial charge on any atom is -0.375 e. The summed E-state index contributed by atoms with van der Waals surface area (Å²) in [5.41, 5.74) is 10.6. The molecule has 0 fully saturated rings. The van der Waals surface area contributed by atoms with Gasteiger partial charge in [-0.3, -0.25) is 4.79 Å². The summed E-state index contributed by atoms with van der Waals surface area (Å²) >= 11 is 1.31. The fraction of sp³-hybridized carbons (Fsp3) is 0.0714. The fourth-order valence-corrected chi connectivity index (χ4v) is 2.55. The van der Waals surface area contributed by atoms with E-state index in [2.05, 4.69) is 20.5 Å². The molecule has 0 radical (unpaired) electrons. The molecule has 2 heterocycles. The molecule has 0 atom stereocenters. The Morgan fingerprint density at radius 1 is 1.48 bits per heavy atom. The number of benzene rings is 1. The molecule has 2 aromatic heterocycles. The molecule has 21 heavy (non-hydrogen) atoms. The molecule has 0 saturated heterocycles. The minimum atomic E-state index is -0.226. The van der Waals surface area contributed by atoms with Crippen LogP contribution in [0, 0.1) is 0 Å². The van der Waals surface area contributed by atoms with Crippen LogP contribution in [-0.4, -0.2) is 22.1 Å². The largest absolute Gasteiger partial charge is 0.375 e. The zero-order chi connectivity index (χ0) is 14.7. The van der Waals surface area contributed by atoms with Gasteiger partial charge in [-0.2, -0.15) is 5.10 Å². The number of nitrogens with one attached hydrogen (secondary N) is 2. The Morgan fingerprint density at radius 3 is 3.14 bits per heavy atom. The number of rotatable bonds is 4. The number of nitrogens with zero attached hydrogens (tertiary/aromatic N) is 2. The van der Waals surface area contributed by atoms with Crippen LogP contribution in [0.3, 0.4) is 0 Å². The van der Waals surface area contributed by atoms with E-state index in [1.54, 1.807) is 11.6 Å². The van der Waals surface area contributed by atoms with Crippen molar-refractivity contribution >= 4 is 39.5 Å². The number of nitrogen functional groups attached to an aromatic ring is 1. The van der Waals surface area contributed by atoms with E-state index in [9.17, 15) is 4.79 Å². The molecule has 0 spiro atoms. The molecular formula is C14H13N5OS. The first-order valence-electron chi connectivity index (χ1n) is 6.30. The van der Waals surface area contributed by atoms with Crippen molar-refractivity contribution in [3.05, 3.63) is 47.1 Å². The molecule has 7 heteroatoms. The molecular weight excluding hydrogens is 286 g/mol. The monoisotopic (exact) mass is 299 g/mol. The van der Waals surface area contributed by atoms with Crippen LogP contribution in [0.1, 0.15) is 11.3 Å². The first-order valence-corrected chi connectivity index (χ1v) is 7.18. The molecule has 3 rings (SSSR count). The van der Waals surface area contributed by atoms with Crippen LogP contribution in [-0.2, 0) is 11.2 Å². The van der Waals surface area contributed by atoms with E-state index in [-0.39, 0.29) is 12.3 Å². The molecule has 0 unspecified atom stereocenters. The number of carbonyl (C=O) groups is 1. The van der Waals surface area contributed by atoms with Crippen LogP contribution in [0.15, 0.2) is 40.9 Å². The predicted octanol–water partition coefficient (Wildman–Crippen LogP) is 1.90. The quantitative estimate of drug-likeness (QED) is 0.507. The molecule has 4 N–H and O–H groups in total. The summed E-state index contributed by atoms with van der Waals surface area (Å²) < 4.78 is 0. The Hall–Kier alpha value is -2.67. The van der Waals surface area contributed by atoms with Gasteiger partial charge in [0.1, 0.15) is 0 Å². The number of nitrogens with two attached hydrogens (primary N) is 1. The fourth-order valence-electron chi connectivity index (χ4n) is 1.98. The van der Waals surface area contributed by atoms with Gasteiger partial charge in [-0.15, -0.1) is 11.3 Å². The Morgan fingerprint density at radius 2 is 2.33 bits per heavy atom. The molecule has 0 saturated carbocycles. The number of amides is 1. The normalized spacial score (nSPS) is 11.2. The van der Waals surface area contributed by atoms with E-state index in [1.807, 2.05) is 30.5 Å². The summed E-state index contributed by atoms with van der Waals surface area (Å²) in [6, 6.07) is 7.89. The number of hydrazone groups is 1. The lowest BCUT2D eigenvalue weighted by molar-refractivity contribution is -0.120. The van der Waals surface area contributed by atoms with Crippen LogP contribution in [0.5, 0.6) is 0 Å². The smallest absolute Gasteiger partial charge is 0.246 e. The van der Waals surface area contributed by atoms with E-state index < -0.39 is 0 Å². The summed E-state index contributed by atoms with van der Waals surface area (Å²) in [7, 11) is 0. The molecule has 0 aliphatic carbocycles. The van der Waals surface area contributed by atoms with Gasteiger partial charge < -0.3 is 10.7 Å². The molecule has 6 nitrogen and oxygen atoms in total. The van der Waals surface area contributed by atoms with E-state index in [0.717, 1.165) is 16.5 Å². The number of aromatic nitrogens is 2. The summed E-state index contributed by atoms with van der Waals surface area (Å²) in [5.74, 6) is -0.226. The van der Waals surface area contributed by atoms with Gasteiger partial charge in [0.25, 0.3) is 0 Å². The number of hydrogen-bond donors (Lipinski definition) is 3. The third-order valence-electron chi connectivity index (χ3n) is 2.93. The van der Waals surface area contributed by atoms with Gasteiger partial charge in [-0.05, 0) is 6.07 Å². The van der Waals surface area contributed by atoms with E-state index in [0.29, 0.717) is 10.8 Å². The molecule has 0 aliphatic heterocycles. The molecule has 1 amide bonds. The maximum Gasteiger partial charge on any atom is 0.246 e. The number of hydrogen-bond acceptors (Lipinski definition) is 5. The number of fused-ring (bicyclic) bond motifs is 1. The lowest BCUT2D eigenvalue weighted by Crippen LogP contribution is -2.19. The third kappa shape index (κ3) is 3.09. The van der Waals surface area contributed by atoms with E-state index in [1.165, 1.54) is 11.3 Å². The van der Waals surface area contributed by atoms with Crippen LogP contribution in [0.25, 0.3) is 10.9 Å². The summed E-state index contributed by atoms with van der Waals surface area (Å²) in [5, 5.41) is 7.25. The summed E-state index contributed by atoms with van der Waals surface area (Å²) in [6.07, 6.45) is 3.63. The maximum atomic E-state index is 11.7. The van der Waals surface area contributed by atoms with Crippen molar-refractivity contribution in [1.29, 1.82) is 0 Å². The first kappa shape index (κ1) is 13.3. The Bertz CT molecular complexity index is 804. The number of para-hydroxylation sites is 1. The third-order valence-corrected chi connectivity index (χ3v) is 3.65. The van der Waals surface area contributed by atoms with Crippen LogP contribution in [0.2, 0.25) is 0 Å². The van der Waals surface area contributed by atoms with Crippen molar-refractivity contribution in [2.45, 2.75) is 6.42 Å². The zero-order valence-electron chi connectivity index (χ0n) is 11.0. The maximum absolute atomic E-state index is 11.7. The van der Waals surface area contributed by atoms with Crippen molar-refractivity contribution in [2.24, 2.45) is 5.10 Å². The Balaban J connectivity index is 1.63. The van der Waals surface area contributed by atoms with Crippen LogP contribution < -0.4 is 11.2 Å². The average Bonchev–Trinajstić information content (AvgIpc) is 3.06. The zero-order valence-corrected chi connectivity index (χ0v) is 11.9. The molecule has 1 aromatic carbocycles. The number of aromatic amines is 1.